The second-order valence-corrected chi connectivity index (χ2v) is 7.01. The van der Waals surface area contributed by atoms with Crippen molar-refractivity contribution in [1.82, 2.24) is 19.5 Å². The summed E-state index contributed by atoms with van der Waals surface area (Å²) in [5.74, 6) is 1.34. The van der Waals surface area contributed by atoms with Crippen LogP contribution in [0.5, 0.6) is 11.5 Å². The van der Waals surface area contributed by atoms with Crippen molar-refractivity contribution in [3.8, 4) is 22.6 Å². The SMILES string of the molecule is CCn1c(=O)c(-c2cc(OC)cc(OC)c2Cl)cc2cnc(Nc3ccncc3)nc21. The zero-order valence-corrected chi connectivity index (χ0v) is 18.0. The molecule has 0 spiro atoms. The fraction of sp³-hybridized carbons (Fsp3) is 0.182. The van der Waals surface area contributed by atoms with Gasteiger partial charge in [0.2, 0.25) is 5.95 Å². The smallest absolute Gasteiger partial charge is 0.260 e. The van der Waals surface area contributed by atoms with Crippen molar-refractivity contribution in [3.05, 3.63) is 64.3 Å². The molecule has 0 fully saturated rings. The molecule has 3 heterocycles. The molecular weight excluding hydrogens is 418 g/mol. The lowest BCUT2D eigenvalue weighted by Crippen LogP contribution is -2.22. The summed E-state index contributed by atoms with van der Waals surface area (Å²) >= 11 is 6.53. The van der Waals surface area contributed by atoms with Crippen molar-refractivity contribution < 1.29 is 9.47 Å². The van der Waals surface area contributed by atoms with Crippen LogP contribution in [-0.4, -0.2) is 33.7 Å². The topological polar surface area (TPSA) is 91.2 Å². The Balaban J connectivity index is 1.89. The molecule has 0 unspecified atom stereocenters. The average Bonchev–Trinajstić information content (AvgIpc) is 2.80. The molecule has 0 aliphatic rings. The number of fused-ring (bicyclic) bond motifs is 1. The van der Waals surface area contributed by atoms with E-state index in [0.717, 1.165) is 5.69 Å². The van der Waals surface area contributed by atoms with Crippen molar-refractivity contribution in [1.29, 1.82) is 0 Å². The molecule has 1 aromatic carbocycles. The quantitative estimate of drug-likeness (QED) is 0.481. The molecule has 4 rings (SSSR count). The van der Waals surface area contributed by atoms with Crippen molar-refractivity contribution in [2.75, 3.05) is 19.5 Å². The molecule has 0 aliphatic carbocycles. The Bertz CT molecular complexity index is 1310. The maximum absolute atomic E-state index is 13.4. The van der Waals surface area contributed by atoms with Crippen LogP contribution in [0.25, 0.3) is 22.2 Å². The van der Waals surface area contributed by atoms with E-state index in [-0.39, 0.29) is 5.56 Å². The molecule has 8 nitrogen and oxygen atoms in total. The normalized spacial score (nSPS) is 10.8. The van der Waals surface area contributed by atoms with Gasteiger partial charge in [-0.2, -0.15) is 4.98 Å². The maximum atomic E-state index is 13.4. The molecule has 158 valence electrons. The summed E-state index contributed by atoms with van der Waals surface area (Å²) in [6.07, 6.45) is 5.01. The van der Waals surface area contributed by atoms with Gasteiger partial charge in [-0.3, -0.25) is 14.3 Å². The predicted molar refractivity (Wildman–Crippen MR) is 121 cm³/mol. The monoisotopic (exact) mass is 437 g/mol. The molecule has 0 saturated carbocycles. The summed E-state index contributed by atoms with van der Waals surface area (Å²) in [6.45, 7) is 2.31. The number of pyridine rings is 2. The zero-order valence-electron chi connectivity index (χ0n) is 17.2. The minimum atomic E-state index is -0.222. The first-order chi connectivity index (χ1) is 15.0. The van der Waals surface area contributed by atoms with Gasteiger partial charge in [-0.25, -0.2) is 4.98 Å². The largest absolute Gasteiger partial charge is 0.497 e. The molecule has 0 radical (unpaired) electrons. The second kappa shape index (κ2) is 8.61. The molecule has 9 heteroatoms. The highest BCUT2D eigenvalue weighted by Crippen LogP contribution is 2.38. The highest BCUT2D eigenvalue weighted by molar-refractivity contribution is 6.35. The Kier molecular flexibility index (Phi) is 5.73. The Labute approximate surface area is 183 Å². The molecule has 0 atom stereocenters. The molecule has 0 aliphatic heterocycles. The summed E-state index contributed by atoms with van der Waals surface area (Å²) in [7, 11) is 3.06. The van der Waals surface area contributed by atoms with Crippen LogP contribution in [0, 0.1) is 0 Å². The first-order valence-corrected chi connectivity index (χ1v) is 9.93. The molecule has 0 amide bonds. The van der Waals surface area contributed by atoms with E-state index in [1.807, 2.05) is 19.1 Å². The van der Waals surface area contributed by atoms with E-state index in [4.69, 9.17) is 21.1 Å². The average molecular weight is 438 g/mol. The van der Waals surface area contributed by atoms with Gasteiger partial charge in [0.1, 0.15) is 17.1 Å². The maximum Gasteiger partial charge on any atom is 0.260 e. The lowest BCUT2D eigenvalue weighted by molar-refractivity contribution is 0.395. The molecule has 1 N–H and O–H groups in total. The number of rotatable bonds is 6. The molecule has 31 heavy (non-hydrogen) atoms. The fourth-order valence-electron chi connectivity index (χ4n) is 3.30. The van der Waals surface area contributed by atoms with Crippen LogP contribution >= 0.6 is 11.6 Å². The third kappa shape index (κ3) is 3.89. The predicted octanol–water partition coefficient (Wildman–Crippen LogP) is 4.29. The number of aromatic nitrogens is 4. The fourth-order valence-corrected chi connectivity index (χ4v) is 3.59. The number of nitrogens with one attached hydrogen (secondary N) is 1. The molecule has 4 aromatic rings. The second-order valence-electron chi connectivity index (χ2n) is 6.63. The number of nitrogens with zero attached hydrogens (tertiary/aromatic N) is 4. The van der Waals surface area contributed by atoms with Crippen LogP contribution in [0.1, 0.15) is 6.92 Å². The highest BCUT2D eigenvalue weighted by atomic mass is 35.5. The number of anilines is 2. The molecule has 0 bridgehead atoms. The first-order valence-electron chi connectivity index (χ1n) is 9.55. The third-order valence-corrected chi connectivity index (χ3v) is 5.23. The summed E-state index contributed by atoms with van der Waals surface area (Å²) in [5, 5.41) is 4.16. The van der Waals surface area contributed by atoms with Crippen LogP contribution < -0.4 is 20.3 Å². The number of methoxy groups -OCH3 is 2. The first kappa shape index (κ1) is 20.6. The standard InChI is InChI=1S/C22H20ClN5O3/c1-4-28-20-13(12-25-22(27-20)26-14-5-7-24-8-6-14)9-17(21(28)29)16-10-15(30-2)11-18(31-3)19(16)23/h5-12H,4H2,1-3H3,(H,24,25,26,27). The third-order valence-electron chi connectivity index (χ3n) is 4.84. The summed E-state index contributed by atoms with van der Waals surface area (Å²) < 4.78 is 12.3. The summed E-state index contributed by atoms with van der Waals surface area (Å²) in [5.41, 5.74) is 2.03. The van der Waals surface area contributed by atoms with Gasteiger partial charge in [0.05, 0.1) is 19.2 Å². The number of benzene rings is 1. The number of aryl methyl sites for hydroxylation is 1. The van der Waals surface area contributed by atoms with Gasteiger partial charge in [0, 0.05) is 53.4 Å². The van der Waals surface area contributed by atoms with E-state index in [9.17, 15) is 4.79 Å². The van der Waals surface area contributed by atoms with Gasteiger partial charge in [-0.05, 0) is 31.2 Å². The lowest BCUT2D eigenvalue weighted by Gasteiger charge is -2.15. The number of halogens is 1. The van der Waals surface area contributed by atoms with Crippen LogP contribution in [0.15, 0.2) is 53.7 Å². The minimum Gasteiger partial charge on any atom is -0.497 e. The van der Waals surface area contributed by atoms with Crippen molar-refractivity contribution in [2.45, 2.75) is 13.5 Å². The van der Waals surface area contributed by atoms with E-state index in [0.29, 0.717) is 51.2 Å². The highest BCUT2D eigenvalue weighted by Gasteiger charge is 2.18. The van der Waals surface area contributed by atoms with Crippen molar-refractivity contribution >= 4 is 34.3 Å². The van der Waals surface area contributed by atoms with E-state index in [2.05, 4.69) is 20.3 Å². The van der Waals surface area contributed by atoms with E-state index < -0.39 is 0 Å². The Morgan fingerprint density at radius 2 is 1.87 bits per heavy atom. The molecule has 3 aromatic heterocycles. The number of ether oxygens (including phenoxy) is 2. The zero-order chi connectivity index (χ0) is 22.0. The number of hydrogen-bond acceptors (Lipinski definition) is 7. The minimum absolute atomic E-state index is 0.222. The van der Waals surface area contributed by atoms with Gasteiger partial charge >= 0.3 is 0 Å². The molecular formula is C22H20ClN5O3. The van der Waals surface area contributed by atoms with E-state index in [1.165, 1.54) is 7.11 Å². The Hall–Kier alpha value is -3.65. The van der Waals surface area contributed by atoms with Crippen LogP contribution in [-0.2, 0) is 6.54 Å². The van der Waals surface area contributed by atoms with Gasteiger partial charge in [0.15, 0.2) is 0 Å². The summed E-state index contributed by atoms with van der Waals surface area (Å²) in [4.78, 5) is 26.3. The summed E-state index contributed by atoms with van der Waals surface area (Å²) in [6, 6.07) is 8.74. The molecule has 0 saturated heterocycles. The van der Waals surface area contributed by atoms with Gasteiger partial charge in [0.25, 0.3) is 5.56 Å². The lowest BCUT2D eigenvalue weighted by atomic mass is 10.0. The van der Waals surface area contributed by atoms with Gasteiger partial charge in [-0.1, -0.05) is 11.6 Å². The van der Waals surface area contributed by atoms with E-state index in [1.54, 1.807) is 48.5 Å². The van der Waals surface area contributed by atoms with Crippen molar-refractivity contribution in [2.24, 2.45) is 0 Å². The van der Waals surface area contributed by atoms with Crippen LogP contribution in [0.2, 0.25) is 5.02 Å². The number of hydrogen-bond donors (Lipinski definition) is 1. The Morgan fingerprint density at radius 3 is 2.55 bits per heavy atom. The van der Waals surface area contributed by atoms with Crippen LogP contribution in [0.3, 0.4) is 0 Å². The van der Waals surface area contributed by atoms with Crippen LogP contribution in [0.4, 0.5) is 11.6 Å². The van der Waals surface area contributed by atoms with Gasteiger partial charge < -0.3 is 14.8 Å². The van der Waals surface area contributed by atoms with Crippen molar-refractivity contribution in [3.63, 3.8) is 0 Å². The van der Waals surface area contributed by atoms with E-state index >= 15 is 0 Å². The van der Waals surface area contributed by atoms with Gasteiger partial charge in [-0.15, -0.1) is 0 Å². The Morgan fingerprint density at radius 1 is 1.10 bits per heavy atom.